The van der Waals surface area contributed by atoms with Crippen molar-refractivity contribution in [1.82, 2.24) is 0 Å². The van der Waals surface area contributed by atoms with E-state index in [1.54, 1.807) is 0 Å². The minimum Gasteiger partial charge on any atom is -0.481 e. The minimum absolute atomic E-state index is 0.00627. The van der Waals surface area contributed by atoms with Gasteiger partial charge in [0.05, 0.1) is 0 Å². The number of ether oxygens (including phenoxy) is 1. The number of carboxylic acid groups (broad SMARTS) is 1. The maximum absolute atomic E-state index is 12.8. The maximum Gasteiger partial charge on any atom is 0.306 e. The number of hydrogen-bond acceptors (Lipinski definition) is 3. The van der Waals surface area contributed by atoms with Crippen LogP contribution in [-0.4, -0.2) is 23.1 Å². The van der Waals surface area contributed by atoms with Crippen LogP contribution in [0, 0.1) is 0 Å². The van der Waals surface area contributed by atoms with E-state index in [2.05, 4.69) is 50.3 Å². The van der Waals surface area contributed by atoms with Crippen molar-refractivity contribution in [2.75, 3.05) is 0 Å². The molecule has 1 atom stereocenters. The van der Waals surface area contributed by atoms with Crippen molar-refractivity contribution in [3.8, 4) is 0 Å². The van der Waals surface area contributed by atoms with Gasteiger partial charge in [-0.3, -0.25) is 9.59 Å². The molecular formula is C50H92O4. The lowest BCUT2D eigenvalue weighted by Crippen LogP contribution is -2.18. The summed E-state index contributed by atoms with van der Waals surface area (Å²) in [4.78, 5) is 23.5. The number of aliphatic carboxylic acids is 1. The second kappa shape index (κ2) is 45.5. The van der Waals surface area contributed by atoms with Crippen molar-refractivity contribution in [2.45, 2.75) is 270 Å². The van der Waals surface area contributed by atoms with E-state index in [1.165, 1.54) is 161 Å². The fraction of sp³-hybridized carbons (Fsp3) is 0.840. The molecule has 54 heavy (non-hydrogen) atoms. The van der Waals surface area contributed by atoms with Crippen molar-refractivity contribution < 1.29 is 19.4 Å². The molecule has 0 aromatic rings. The maximum atomic E-state index is 12.8. The van der Waals surface area contributed by atoms with E-state index in [-0.39, 0.29) is 18.5 Å². The second-order valence-corrected chi connectivity index (χ2v) is 16.3. The largest absolute Gasteiger partial charge is 0.481 e. The van der Waals surface area contributed by atoms with E-state index in [4.69, 9.17) is 9.84 Å². The molecule has 0 aliphatic carbocycles. The van der Waals surface area contributed by atoms with Crippen LogP contribution in [-0.2, 0) is 14.3 Å². The van der Waals surface area contributed by atoms with Gasteiger partial charge in [-0.2, -0.15) is 0 Å². The van der Waals surface area contributed by atoms with Crippen molar-refractivity contribution in [3.63, 3.8) is 0 Å². The summed E-state index contributed by atoms with van der Waals surface area (Å²) >= 11 is 0. The van der Waals surface area contributed by atoms with Gasteiger partial charge in [-0.1, -0.05) is 192 Å². The molecule has 0 aliphatic rings. The van der Waals surface area contributed by atoms with E-state index < -0.39 is 5.97 Å². The van der Waals surface area contributed by atoms with Crippen LogP contribution in [0.4, 0.5) is 0 Å². The molecular weight excluding hydrogens is 665 g/mol. The molecule has 0 aromatic carbocycles. The molecule has 0 heterocycles. The van der Waals surface area contributed by atoms with Gasteiger partial charge in [-0.15, -0.1) is 0 Å². The van der Waals surface area contributed by atoms with E-state index >= 15 is 0 Å². The third kappa shape index (κ3) is 44.6. The highest BCUT2D eigenvalue weighted by Gasteiger charge is 2.14. The van der Waals surface area contributed by atoms with Crippen LogP contribution in [0.1, 0.15) is 264 Å². The Hall–Kier alpha value is -1.84. The van der Waals surface area contributed by atoms with Crippen molar-refractivity contribution in [2.24, 2.45) is 0 Å². The summed E-state index contributed by atoms with van der Waals surface area (Å²) in [5.74, 6) is -0.707. The molecule has 0 aliphatic heterocycles. The van der Waals surface area contributed by atoms with Gasteiger partial charge < -0.3 is 9.84 Å². The molecule has 0 radical (unpaired) electrons. The van der Waals surface area contributed by atoms with Gasteiger partial charge in [0.2, 0.25) is 0 Å². The lowest BCUT2D eigenvalue weighted by molar-refractivity contribution is -0.150. The number of carbonyl (C=O) groups excluding carboxylic acids is 1. The predicted octanol–water partition coefficient (Wildman–Crippen LogP) is 16.9. The fourth-order valence-corrected chi connectivity index (χ4v) is 7.27. The van der Waals surface area contributed by atoms with Gasteiger partial charge >= 0.3 is 11.9 Å². The first-order valence-corrected chi connectivity index (χ1v) is 24.0. The van der Waals surface area contributed by atoms with Gasteiger partial charge in [0.15, 0.2) is 0 Å². The highest BCUT2D eigenvalue weighted by Crippen LogP contribution is 2.19. The van der Waals surface area contributed by atoms with E-state index in [9.17, 15) is 9.59 Å². The summed E-state index contributed by atoms with van der Waals surface area (Å²) in [5, 5.41) is 8.86. The van der Waals surface area contributed by atoms with E-state index in [0.717, 1.165) is 77.0 Å². The Morgan fingerprint density at radius 3 is 1.13 bits per heavy atom. The Balaban J connectivity index is 3.98. The van der Waals surface area contributed by atoms with Crippen LogP contribution in [0.2, 0.25) is 0 Å². The fourth-order valence-electron chi connectivity index (χ4n) is 7.27. The summed E-state index contributed by atoms with van der Waals surface area (Å²) in [6.07, 6.45) is 60.4. The van der Waals surface area contributed by atoms with Crippen molar-refractivity contribution >= 4 is 11.9 Å². The first-order valence-electron chi connectivity index (χ1n) is 24.0. The van der Waals surface area contributed by atoms with Crippen LogP contribution in [0.15, 0.2) is 36.5 Å². The highest BCUT2D eigenvalue weighted by atomic mass is 16.5. The lowest BCUT2D eigenvalue weighted by atomic mass is 10.0. The molecule has 4 nitrogen and oxygen atoms in total. The van der Waals surface area contributed by atoms with Gasteiger partial charge in [-0.25, -0.2) is 0 Å². The average Bonchev–Trinajstić information content (AvgIpc) is 3.16. The van der Waals surface area contributed by atoms with Gasteiger partial charge in [0.25, 0.3) is 0 Å². The number of carboxylic acids is 1. The first kappa shape index (κ1) is 52.2. The predicted molar refractivity (Wildman–Crippen MR) is 236 cm³/mol. The number of hydrogen-bond donors (Lipinski definition) is 1. The highest BCUT2D eigenvalue weighted by molar-refractivity contribution is 5.69. The molecule has 316 valence electrons. The summed E-state index contributed by atoms with van der Waals surface area (Å²) in [6.45, 7) is 4.55. The molecule has 0 amide bonds. The van der Waals surface area contributed by atoms with Crippen LogP contribution in [0.5, 0.6) is 0 Å². The van der Waals surface area contributed by atoms with Crippen molar-refractivity contribution in [3.05, 3.63) is 36.5 Å². The zero-order chi connectivity index (χ0) is 39.3. The topological polar surface area (TPSA) is 63.6 Å². The average molecular weight is 757 g/mol. The molecule has 1 N–H and O–H groups in total. The van der Waals surface area contributed by atoms with Gasteiger partial charge in [0.1, 0.15) is 6.10 Å². The zero-order valence-electron chi connectivity index (χ0n) is 36.3. The van der Waals surface area contributed by atoms with Gasteiger partial charge in [-0.05, 0) is 96.3 Å². The number of esters is 1. The summed E-state index contributed by atoms with van der Waals surface area (Å²) < 4.78 is 6.03. The minimum atomic E-state index is -0.701. The van der Waals surface area contributed by atoms with Crippen LogP contribution < -0.4 is 0 Å². The molecule has 0 saturated carbocycles. The molecule has 0 aromatic heterocycles. The van der Waals surface area contributed by atoms with Crippen LogP contribution >= 0.6 is 0 Å². The molecule has 0 spiro atoms. The second-order valence-electron chi connectivity index (χ2n) is 16.3. The zero-order valence-corrected chi connectivity index (χ0v) is 36.3. The standard InChI is InChI=1S/C50H92O4/c1-3-5-7-9-11-13-15-17-19-20-21-22-23-24-26-28-30-32-34-39-43-47-50(53)54-48(45-41-37-35-38-42-46-49(51)52)44-40-36-33-31-29-27-25-18-16-14-12-10-8-6-4-2/h15,17,20-21,27,29,48H,3-14,16,18-19,22-26,28,30-47H2,1-2H3,(H,51,52)/b17-15-,21-20-,29-27-. The number of allylic oxidation sites excluding steroid dienone is 6. The van der Waals surface area contributed by atoms with E-state index in [1.807, 2.05) is 0 Å². The first-order chi connectivity index (χ1) is 26.6. The SMILES string of the molecule is CCCCCCC/C=C\C/C=C\CCCCCCCCCCCC(=O)OC(CCCCC/C=C\CCCCCCCCCC)CCCCCCCC(=O)O. The van der Waals surface area contributed by atoms with Crippen LogP contribution in [0.25, 0.3) is 0 Å². The smallest absolute Gasteiger partial charge is 0.306 e. The summed E-state index contributed by atoms with van der Waals surface area (Å²) in [5.41, 5.74) is 0. The molecule has 0 fully saturated rings. The Morgan fingerprint density at radius 2 is 0.722 bits per heavy atom. The Labute approximate surface area is 337 Å². The number of carbonyl (C=O) groups is 2. The number of unbranched alkanes of at least 4 members (excludes halogenated alkanes) is 29. The normalized spacial score (nSPS) is 12.5. The van der Waals surface area contributed by atoms with Crippen LogP contribution in [0.3, 0.4) is 0 Å². The molecule has 1 unspecified atom stereocenters. The monoisotopic (exact) mass is 757 g/mol. The lowest BCUT2D eigenvalue weighted by Gasteiger charge is -2.18. The molecule has 0 bridgehead atoms. The summed E-state index contributed by atoms with van der Waals surface area (Å²) in [7, 11) is 0. The molecule has 0 rings (SSSR count). The molecule has 0 saturated heterocycles. The van der Waals surface area contributed by atoms with Crippen molar-refractivity contribution in [1.29, 1.82) is 0 Å². The third-order valence-electron chi connectivity index (χ3n) is 10.8. The number of rotatable bonds is 44. The Morgan fingerprint density at radius 1 is 0.407 bits per heavy atom. The third-order valence-corrected chi connectivity index (χ3v) is 10.8. The quantitative estimate of drug-likeness (QED) is 0.0382. The summed E-state index contributed by atoms with van der Waals surface area (Å²) in [6, 6.07) is 0. The van der Waals surface area contributed by atoms with Gasteiger partial charge in [0, 0.05) is 12.8 Å². The molecule has 4 heteroatoms. The Kier molecular flexibility index (Phi) is 44.0. The van der Waals surface area contributed by atoms with E-state index in [0.29, 0.717) is 6.42 Å². The Bertz CT molecular complexity index is 859.